The van der Waals surface area contributed by atoms with Crippen molar-refractivity contribution in [2.75, 3.05) is 6.54 Å². The van der Waals surface area contributed by atoms with Crippen molar-refractivity contribution in [2.24, 2.45) is 5.92 Å². The van der Waals surface area contributed by atoms with Gasteiger partial charge in [0.05, 0.1) is 6.54 Å². The maximum Gasteiger partial charge on any atom is 0.250 e. The lowest BCUT2D eigenvalue weighted by atomic mass is 9.85. The van der Waals surface area contributed by atoms with Gasteiger partial charge in [0, 0.05) is 6.04 Å². The largest absolute Gasteiger partial charge is 0.309 e. The van der Waals surface area contributed by atoms with E-state index in [-0.39, 0.29) is 12.6 Å². The molecule has 1 N–H and O–H groups in total. The Bertz CT molecular complexity index is 144. The first kappa shape index (κ1) is 11.9. The molecule has 0 bridgehead atoms. The zero-order valence-electron chi connectivity index (χ0n) is 8.94. The fraction of sp³-hybridized carbons (Fsp3) is 1.00. The summed E-state index contributed by atoms with van der Waals surface area (Å²) >= 11 is 0. The second-order valence-electron chi connectivity index (χ2n) is 4.44. The van der Waals surface area contributed by atoms with E-state index in [0.717, 1.165) is 12.3 Å². The van der Waals surface area contributed by atoms with Crippen LogP contribution in [0.1, 0.15) is 45.4 Å². The van der Waals surface area contributed by atoms with Crippen LogP contribution in [0.4, 0.5) is 8.78 Å². The van der Waals surface area contributed by atoms with Crippen LogP contribution in [0, 0.1) is 5.92 Å². The molecular formula is C11H21F2N. The van der Waals surface area contributed by atoms with E-state index in [1.807, 2.05) is 6.92 Å². The molecule has 1 aliphatic carbocycles. The molecule has 3 heteroatoms. The zero-order valence-corrected chi connectivity index (χ0v) is 8.94. The Balaban J connectivity index is 2.09. The summed E-state index contributed by atoms with van der Waals surface area (Å²) in [5, 5.41) is 2.88. The lowest BCUT2D eigenvalue weighted by Gasteiger charge is -2.25. The molecule has 0 amide bonds. The number of halogens is 2. The topological polar surface area (TPSA) is 12.0 Å². The highest BCUT2D eigenvalue weighted by Crippen LogP contribution is 2.27. The highest BCUT2D eigenvalue weighted by molar-refractivity contribution is 4.71. The molecule has 1 saturated carbocycles. The second kappa shape index (κ2) is 6.33. The molecule has 0 saturated heterocycles. The van der Waals surface area contributed by atoms with E-state index in [1.165, 1.54) is 32.1 Å². The van der Waals surface area contributed by atoms with Gasteiger partial charge in [-0.05, 0) is 19.3 Å². The van der Waals surface area contributed by atoms with Gasteiger partial charge in [0.25, 0.3) is 6.43 Å². The summed E-state index contributed by atoms with van der Waals surface area (Å²) in [6.45, 7) is 1.85. The van der Waals surface area contributed by atoms with Crippen LogP contribution in [0.25, 0.3) is 0 Å². The maximum absolute atomic E-state index is 11.9. The van der Waals surface area contributed by atoms with E-state index in [9.17, 15) is 8.78 Å². The van der Waals surface area contributed by atoms with Gasteiger partial charge in [-0.15, -0.1) is 0 Å². The molecule has 0 heterocycles. The lowest BCUT2D eigenvalue weighted by Crippen LogP contribution is -2.32. The third-order valence-corrected chi connectivity index (χ3v) is 3.03. The van der Waals surface area contributed by atoms with Crippen LogP contribution < -0.4 is 5.32 Å². The molecular weight excluding hydrogens is 184 g/mol. The molecule has 0 aromatic rings. The molecule has 0 radical (unpaired) electrons. The number of nitrogens with one attached hydrogen (secondary N) is 1. The first-order chi connectivity index (χ1) is 6.68. The first-order valence-corrected chi connectivity index (χ1v) is 5.70. The standard InChI is InChI=1S/C11H21F2N/c1-9(14-8-11(12)13)7-10-5-3-2-4-6-10/h9-11,14H,2-8H2,1H3. The summed E-state index contributed by atoms with van der Waals surface area (Å²) in [6, 6.07) is 0.243. The van der Waals surface area contributed by atoms with Crippen LogP contribution in [0.15, 0.2) is 0 Å². The van der Waals surface area contributed by atoms with E-state index < -0.39 is 6.43 Å². The Hall–Kier alpha value is -0.180. The Morgan fingerprint density at radius 3 is 2.43 bits per heavy atom. The molecule has 14 heavy (non-hydrogen) atoms. The van der Waals surface area contributed by atoms with Gasteiger partial charge in [-0.2, -0.15) is 0 Å². The molecule has 1 atom stereocenters. The molecule has 1 fully saturated rings. The Labute approximate surface area is 85.3 Å². The summed E-state index contributed by atoms with van der Waals surface area (Å²) in [6.07, 6.45) is 5.44. The lowest BCUT2D eigenvalue weighted by molar-refractivity contribution is 0.139. The highest BCUT2D eigenvalue weighted by Gasteiger charge is 2.16. The van der Waals surface area contributed by atoms with Crippen LogP contribution in [0.2, 0.25) is 0 Å². The van der Waals surface area contributed by atoms with Crippen LogP contribution in [0.5, 0.6) is 0 Å². The predicted octanol–water partition coefficient (Wildman–Crippen LogP) is 3.20. The quantitative estimate of drug-likeness (QED) is 0.726. The Morgan fingerprint density at radius 2 is 1.86 bits per heavy atom. The van der Waals surface area contributed by atoms with Crippen molar-refractivity contribution in [1.82, 2.24) is 5.32 Å². The van der Waals surface area contributed by atoms with E-state index in [0.29, 0.717) is 0 Å². The second-order valence-corrected chi connectivity index (χ2v) is 4.44. The highest BCUT2D eigenvalue weighted by atomic mass is 19.3. The van der Waals surface area contributed by atoms with Crippen molar-refractivity contribution >= 4 is 0 Å². The minimum atomic E-state index is -2.22. The summed E-state index contributed by atoms with van der Waals surface area (Å²) in [5.74, 6) is 0.768. The summed E-state index contributed by atoms with van der Waals surface area (Å²) in [5.41, 5.74) is 0. The van der Waals surface area contributed by atoms with Gasteiger partial charge in [-0.1, -0.05) is 32.1 Å². The van der Waals surface area contributed by atoms with Crippen molar-refractivity contribution in [3.05, 3.63) is 0 Å². The first-order valence-electron chi connectivity index (χ1n) is 5.70. The predicted molar refractivity (Wildman–Crippen MR) is 54.7 cm³/mol. The van der Waals surface area contributed by atoms with Gasteiger partial charge in [-0.3, -0.25) is 0 Å². The van der Waals surface area contributed by atoms with Gasteiger partial charge in [0.2, 0.25) is 0 Å². The van der Waals surface area contributed by atoms with Crippen LogP contribution in [-0.2, 0) is 0 Å². The molecule has 0 aromatic carbocycles. The summed E-state index contributed by atoms with van der Waals surface area (Å²) in [4.78, 5) is 0. The van der Waals surface area contributed by atoms with Crippen molar-refractivity contribution in [2.45, 2.75) is 57.9 Å². The number of alkyl halides is 2. The fourth-order valence-corrected chi connectivity index (χ4v) is 2.30. The number of hydrogen-bond donors (Lipinski definition) is 1. The van der Waals surface area contributed by atoms with E-state index in [2.05, 4.69) is 5.32 Å². The fourth-order valence-electron chi connectivity index (χ4n) is 2.30. The van der Waals surface area contributed by atoms with Crippen molar-refractivity contribution in [3.63, 3.8) is 0 Å². The minimum Gasteiger partial charge on any atom is -0.309 e. The van der Waals surface area contributed by atoms with Crippen molar-refractivity contribution in [3.8, 4) is 0 Å². The third-order valence-electron chi connectivity index (χ3n) is 3.03. The molecule has 1 rings (SSSR count). The number of rotatable bonds is 5. The molecule has 1 nitrogen and oxygen atoms in total. The summed E-state index contributed by atoms with van der Waals surface area (Å²) in [7, 11) is 0. The minimum absolute atomic E-state index is 0.159. The molecule has 84 valence electrons. The SMILES string of the molecule is CC(CC1CCCCC1)NCC(F)F. The monoisotopic (exact) mass is 205 g/mol. The van der Waals surface area contributed by atoms with E-state index >= 15 is 0 Å². The molecule has 0 aromatic heterocycles. The van der Waals surface area contributed by atoms with Crippen molar-refractivity contribution in [1.29, 1.82) is 0 Å². The van der Waals surface area contributed by atoms with Crippen LogP contribution in [0.3, 0.4) is 0 Å². The molecule has 1 unspecified atom stereocenters. The molecule has 1 aliphatic rings. The average Bonchev–Trinajstić information content (AvgIpc) is 2.16. The zero-order chi connectivity index (χ0) is 10.4. The summed E-state index contributed by atoms with van der Waals surface area (Å²) < 4.78 is 23.8. The van der Waals surface area contributed by atoms with E-state index in [1.54, 1.807) is 0 Å². The van der Waals surface area contributed by atoms with E-state index in [4.69, 9.17) is 0 Å². The Morgan fingerprint density at radius 1 is 1.21 bits per heavy atom. The van der Waals surface area contributed by atoms with Gasteiger partial charge in [0.15, 0.2) is 0 Å². The van der Waals surface area contributed by atoms with Gasteiger partial charge in [0.1, 0.15) is 0 Å². The van der Waals surface area contributed by atoms with Crippen LogP contribution >= 0.6 is 0 Å². The number of hydrogen-bond acceptors (Lipinski definition) is 1. The third kappa shape index (κ3) is 4.89. The van der Waals surface area contributed by atoms with Gasteiger partial charge < -0.3 is 5.32 Å². The van der Waals surface area contributed by atoms with Crippen molar-refractivity contribution < 1.29 is 8.78 Å². The average molecular weight is 205 g/mol. The Kier molecular flexibility index (Phi) is 5.38. The smallest absolute Gasteiger partial charge is 0.250 e. The maximum atomic E-state index is 11.9. The van der Waals surface area contributed by atoms with Gasteiger partial charge >= 0.3 is 0 Å². The van der Waals surface area contributed by atoms with Crippen LogP contribution in [-0.4, -0.2) is 19.0 Å². The molecule has 0 spiro atoms. The van der Waals surface area contributed by atoms with Gasteiger partial charge in [-0.25, -0.2) is 8.78 Å². The normalized spacial score (nSPS) is 21.4. The molecule has 0 aliphatic heterocycles.